The Balaban J connectivity index is 0.000000275. The molecular formula is C67H98O. The number of benzene rings is 5. The Morgan fingerprint density at radius 2 is 0.397 bits per heavy atom. The summed E-state index contributed by atoms with van der Waals surface area (Å²) in [6.07, 6.45) is 0. The third kappa shape index (κ3) is 14.9. The van der Waals surface area contributed by atoms with Crippen molar-refractivity contribution in [3.8, 4) is 11.1 Å². The first-order valence-corrected chi connectivity index (χ1v) is 26.9. The Kier molecular flexibility index (Phi) is 21.8. The summed E-state index contributed by atoms with van der Waals surface area (Å²) in [5.41, 5.74) is 21.6. The molecule has 5 aromatic carbocycles. The van der Waals surface area contributed by atoms with Crippen LogP contribution in [0.3, 0.4) is 0 Å². The van der Waals surface area contributed by atoms with Crippen molar-refractivity contribution in [2.45, 2.75) is 237 Å². The first-order chi connectivity index (χ1) is 31.6. The van der Waals surface area contributed by atoms with E-state index in [0.717, 1.165) is 11.1 Å². The van der Waals surface area contributed by atoms with Gasteiger partial charge in [0, 0.05) is 11.1 Å². The van der Waals surface area contributed by atoms with Crippen LogP contribution < -0.4 is 0 Å². The van der Waals surface area contributed by atoms with E-state index in [1.54, 1.807) is 0 Å². The second-order valence-electron chi connectivity index (χ2n) is 23.7. The third-order valence-electron chi connectivity index (χ3n) is 14.0. The fraction of sp³-hybridized carbons (Fsp3) is 0.537. The smallest absolute Gasteiger partial charge is 0.193 e. The van der Waals surface area contributed by atoms with Gasteiger partial charge in [-0.1, -0.05) is 239 Å². The van der Waals surface area contributed by atoms with E-state index in [9.17, 15) is 4.79 Å². The van der Waals surface area contributed by atoms with Crippen molar-refractivity contribution >= 4 is 5.78 Å². The molecule has 0 unspecified atom stereocenters. The minimum Gasteiger partial charge on any atom is -0.289 e. The molecule has 372 valence electrons. The molecular weight excluding hydrogens is 821 g/mol. The topological polar surface area (TPSA) is 17.1 Å². The molecule has 0 heterocycles. The summed E-state index contributed by atoms with van der Waals surface area (Å²) in [5, 5.41) is 0. The first-order valence-electron chi connectivity index (χ1n) is 26.9. The van der Waals surface area contributed by atoms with Gasteiger partial charge in [0.15, 0.2) is 5.78 Å². The first kappa shape index (κ1) is 58.1. The monoisotopic (exact) mass is 919 g/mol. The van der Waals surface area contributed by atoms with Crippen molar-refractivity contribution in [2.75, 3.05) is 0 Å². The molecule has 0 spiro atoms. The highest BCUT2D eigenvalue weighted by Crippen LogP contribution is 2.37. The van der Waals surface area contributed by atoms with Crippen LogP contribution in [0.5, 0.6) is 0 Å². The average molecular weight is 920 g/mol. The third-order valence-corrected chi connectivity index (χ3v) is 14.0. The predicted octanol–water partition coefficient (Wildman–Crippen LogP) is 21.4. The SMILES string of the molecule is CC(C)c1cc(C(C)C)c(C(C)C)cc1C(C)C.CC(C)c1ccc(-c2ccc(C(C)C)c(C(C)C)c2)cc1C(C)C.CC(C)c1ccc(C(=O)c2ccc(C(C)C)c(C(C)C)c2)cc1C(C)C. The van der Waals surface area contributed by atoms with Gasteiger partial charge in [-0.3, -0.25) is 4.79 Å². The second kappa shape index (κ2) is 25.6. The lowest BCUT2D eigenvalue weighted by Gasteiger charge is -2.24. The lowest BCUT2D eigenvalue weighted by Crippen LogP contribution is -2.08. The van der Waals surface area contributed by atoms with Crippen LogP contribution in [-0.2, 0) is 0 Å². The maximum atomic E-state index is 13.2. The Hall–Kier alpha value is -4.23. The van der Waals surface area contributed by atoms with Crippen LogP contribution in [0.1, 0.15) is 320 Å². The van der Waals surface area contributed by atoms with Crippen LogP contribution in [0.25, 0.3) is 11.1 Å². The highest BCUT2D eigenvalue weighted by atomic mass is 16.1. The zero-order valence-corrected chi connectivity index (χ0v) is 47.9. The lowest BCUT2D eigenvalue weighted by molar-refractivity contribution is 0.103. The van der Waals surface area contributed by atoms with E-state index in [-0.39, 0.29) is 5.78 Å². The summed E-state index contributed by atoms with van der Waals surface area (Å²) in [4.78, 5) is 13.2. The van der Waals surface area contributed by atoms with Crippen LogP contribution in [-0.4, -0.2) is 5.78 Å². The van der Waals surface area contributed by atoms with E-state index in [1.807, 2.05) is 12.1 Å². The molecule has 0 aliphatic rings. The molecule has 0 saturated heterocycles. The summed E-state index contributed by atoms with van der Waals surface area (Å²) >= 11 is 0. The van der Waals surface area contributed by atoms with Gasteiger partial charge in [-0.2, -0.15) is 0 Å². The van der Waals surface area contributed by atoms with E-state index >= 15 is 0 Å². The van der Waals surface area contributed by atoms with E-state index < -0.39 is 0 Å². The summed E-state index contributed by atoms with van der Waals surface area (Å²) in [6.45, 7) is 54.4. The number of hydrogen-bond donors (Lipinski definition) is 0. The van der Waals surface area contributed by atoms with Crippen molar-refractivity contribution in [3.05, 3.63) is 163 Å². The Labute approximate surface area is 419 Å². The maximum Gasteiger partial charge on any atom is 0.193 e. The number of carbonyl (C=O) groups is 1. The lowest BCUT2D eigenvalue weighted by atomic mass is 9.81. The molecule has 1 nitrogen and oxygen atoms in total. The highest BCUT2D eigenvalue weighted by Gasteiger charge is 2.20. The Morgan fingerprint density at radius 1 is 0.221 bits per heavy atom. The average Bonchev–Trinajstić information content (AvgIpc) is 3.27. The predicted molar refractivity (Wildman–Crippen MR) is 304 cm³/mol. The van der Waals surface area contributed by atoms with Gasteiger partial charge in [-0.05, 0) is 161 Å². The molecule has 0 radical (unpaired) electrons. The molecule has 1 heteroatoms. The van der Waals surface area contributed by atoms with Crippen LogP contribution in [0.15, 0.2) is 84.9 Å². The van der Waals surface area contributed by atoms with Crippen molar-refractivity contribution < 1.29 is 4.79 Å². The molecule has 0 bridgehead atoms. The fourth-order valence-corrected chi connectivity index (χ4v) is 9.88. The molecule has 0 aromatic heterocycles. The zero-order valence-electron chi connectivity index (χ0n) is 47.9. The normalized spacial score (nSPS) is 12.0. The fourth-order valence-electron chi connectivity index (χ4n) is 9.88. The molecule has 0 aliphatic heterocycles. The summed E-state index contributed by atoms with van der Waals surface area (Å²) in [7, 11) is 0. The molecule has 68 heavy (non-hydrogen) atoms. The van der Waals surface area contributed by atoms with Crippen LogP contribution >= 0.6 is 0 Å². The molecule has 0 amide bonds. The van der Waals surface area contributed by atoms with Gasteiger partial charge in [-0.15, -0.1) is 0 Å². The van der Waals surface area contributed by atoms with Gasteiger partial charge >= 0.3 is 0 Å². The number of ketones is 1. The van der Waals surface area contributed by atoms with Crippen molar-refractivity contribution in [2.24, 2.45) is 0 Å². The summed E-state index contributed by atoms with van der Waals surface area (Å²) < 4.78 is 0. The van der Waals surface area contributed by atoms with Gasteiger partial charge in [0.05, 0.1) is 0 Å². The molecule has 0 N–H and O–H groups in total. The largest absolute Gasteiger partial charge is 0.289 e. The molecule has 0 saturated carbocycles. The van der Waals surface area contributed by atoms with E-state index in [2.05, 4.69) is 239 Å². The molecule has 0 aliphatic carbocycles. The van der Waals surface area contributed by atoms with Gasteiger partial charge < -0.3 is 0 Å². The molecule has 5 rings (SSSR count). The zero-order chi connectivity index (χ0) is 51.6. The summed E-state index contributed by atoms with van der Waals surface area (Å²) in [5.74, 6) is 6.60. The van der Waals surface area contributed by atoms with Crippen molar-refractivity contribution in [1.29, 1.82) is 0 Å². The van der Waals surface area contributed by atoms with E-state index in [4.69, 9.17) is 0 Å². The van der Waals surface area contributed by atoms with E-state index in [0.29, 0.717) is 71.0 Å². The van der Waals surface area contributed by atoms with E-state index in [1.165, 1.54) is 77.9 Å². The quantitative estimate of drug-likeness (QED) is 0.0957. The van der Waals surface area contributed by atoms with Gasteiger partial charge in [-0.25, -0.2) is 0 Å². The maximum absolute atomic E-state index is 13.2. The minimum absolute atomic E-state index is 0.124. The van der Waals surface area contributed by atoms with Crippen LogP contribution in [0.2, 0.25) is 0 Å². The number of carbonyl (C=O) groups excluding carboxylic acids is 1. The number of hydrogen-bond acceptors (Lipinski definition) is 1. The standard InChI is InChI=1S/C25H34O.C24H34.C18H30/c1-15(2)21-11-9-19(13-23(21)17(5)6)25(26)20-10-12-22(16(3)4)24(14-20)18(7)8;1-15(2)21-11-9-19(13-23(21)17(5)6)20-10-12-22(16(3)4)24(14-20)18(7)8;1-11(2)15-9-17(13(5)6)18(14(7)8)10-16(15)12(3)4/h9-18H,1-8H3;9-18H,1-8H3;9-14H,1-8H3. The van der Waals surface area contributed by atoms with Gasteiger partial charge in [0.2, 0.25) is 0 Å². The van der Waals surface area contributed by atoms with Crippen molar-refractivity contribution in [3.63, 3.8) is 0 Å². The van der Waals surface area contributed by atoms with Gasteiger partial charge in [0.1, 0.15) is 0 Å². The number of rotatable bonds is 15. The summed E-state index contributed by atoms with van der Waals surface area (Å²) in [6, 6.07) is 31.5. The minimum atomic E-state index is 0.124. The molecule has 0 atom stereocenters. The Bertz CT molecular complexity index is 2180. The second-order valence-corrected chi connectivity index (χ2v) is 23.7. The molecule has 5 aromatic rings. The molecule has 0 fully saturated rings. The Morgan fingerprint density at radius 3 is 0.603 bits per heavy atom. The highest BCUT2D eigenvalue weighted by molar-refractivity contribution is 6.09. The van der Waals surface area contributed by atoms with Crippen molar-refractivity contribution in [1.82, 2.24) is 0 Å². The van der Waals surface area contributed by atoms with Crippen LogP contribution in [0.4, 0.5) is 0 Å². The van der Waals surface area contributed by atoms with Crippen LogP contribution in [0, 0.1) is 0 Å². The van der Waals surface area contributed by atoms with Gasteiger partial charge in [0.25, 0.3) is 0 Å².